The van der Waals surface area contributed by atoms with Crippen LogP contribution in [-0.4, -0.2) is 19.6 Å². The number of nitrogens with zero attached hydrogens (tertiary/aromatic N) is 3. The minimum absolute atomic E-state index is 0.0000646. The molecule has 0 radical (unpaired) electrons. The summed E-state index contributed by atoms with van der Waals surface area (Å²) in [6.07, 6.45) is 1.88. The van der Waals surface area contributed by atoms with Crippen molar-refractivity contribution in [2.75, 3.05) is 0 Å². The number of fused-ring (bicyclic) bond motifs is 1. The van der Waals surface area contributed by atoms with E-state index in [4.69, 9.17) is 14.1 Å². The van der Waals surface area contributed by atoms with Crippen molar-refractivity contribution in [1.29, 1.82) is 0 Å². The molecule has 366 valence electrons. The molecule has 0 bridgehead atoms. The van der Waals surface area contributed by atoms with Gasteiger partial charge in [0.2, 0.25) is 0 Å². The van der Waals surface area contributed by atoms with Gasteiger partial charge in [-0.3, -0.25) is 9.55 Å². The molecule has 0 saturated carbocycles. The van der Waals surface area contributed by atoms with Crippen molar-refractivity contribution in [3.05, 3.63) is 192 Å². The number of aromatic hydroxyl groups is 1. The van der Waals surface area contributed by atoms with Gasteiger partial charge in [0.1, 0.15) is 11.6 Å². The lowest BCUT2D eigenvalue weighted by Crippen LogP contribution is -2.17. The van der Waals surface area contributed by atoms with Crippen LogP contribution in [0.5, 0.6) is 5.75 Å². The number of rotatable bonds is 7. The fraction of sp³-hybridized carbons (Fsp3) is 0.294. The highest BCUT2D eigenvalue weighted by Crippen LogP contribution is 2.46. The van der Waals surface area contributed by atoms with E-state index >= 15 is 0 Å². The molecule has 7 aromatic carbocycles. The van der Waals surface area contributed by atoms with Crippen LogP contribution in [0, 0.1) is 0 Å². The highest BCUT2D eigenvalue weighted by molar-refractivity contribution is 5.98. The molecular weight excluding hydrogens is 875 g/mol. The van der Waals surface area contributed by atoms with E-state index in [9.17, 15) is 7.85 Å². The smallest absolute Gasteiger partial charge is 0.149 e. The van der Waals surface area contributed by atoms with E-state index in [1.807, 2.05) is 47.2 Å². The molecule has 0 aliphatic carbocycles. The van der Waals surface area contributed by atoms with Crippen molar-refractivity contribution < 1.29 is 12.0 Å². The van der Waals surface area contributed by atoms with Crippen molar-refractivity contribution in [2.24, 2.45) is 0 Å². The molecule has 0 saturated heterocycles. The molecule has 0 unspecified atom stereocenters. The van der Waals surface area contributed by atoms with Crippen LogP contribution in [0.1, 0.15) is 139 Å². The van der Waals surface area contributed by atoms with Crippen LogP contribution >= 0.6 is 0 Å². The first-order valence-electron chi connectivity index (χ1n) is 27.8. The quantitative estimate of drug-likeness (QED) is 0.173. The van der Waals surface area contributed by atoms with Gasteiger partial charge in [-0.1, -0.05) is 213 Å². The maximum atomic E-state index is 12.7. The van der Waals surface area contributed by atoms with E-state index < -0.39 is 23.5 Å². The van der Waals surface area contributed by atoms with E-state index in [-0.39, 0.29) is 45.1 Å². The number of aromatic nitrogens is 3. The molecule has 9 rings (SSSR count). The standard InChI is InChI=1S/C68H73N3O/c1-64(2,3)49-32-33-59(54(40-49)44-22-17-16-18-23-44)71-60-27-21-25-53(61(60)70-63(71)55-41-51(66(7,8)9)42-57(62(55)72)68(13,14)15)47-36-48(38-50(37-47)65(4,5)6)58-39-46(34-35-69-58)43-28-30-45(31-29-43)52-24-19-20-26-56(52)67(10,11)12/h16-42,72H,1-15H3/i16D,17D,18D,22D,23D. The molecule has 2 aromatic heterocycles. The summed E-state index contributed by atoms with van der Waals surface area (Å²) in [6.45, 7) is 32.4. The van der Waals surface area contributed by atoms with E-state index in [0.29, 0.717) is 33.7 Å². The molecule has 0 fully saturated rings. The van der Waals surface area contributed by atoms with Crippen molar-refractivity contribution in [3.8, 4) is 78.6 Å². The summed E-state index contributed by atoms with van der Waals surface area (Å²) in [4.78, 5) is 10.6. The van der Waals surface area contributed by atoms with E-state index in [2.05, 4.69) is 195 Å². The van der Waals surface area contributed by atoms with Gasteiger partial charge in [-0.15, -0.1) is 0 Å². The Morgan fingerprint density at radius 3 is 1.68 bits per heavy atom. The largest absolute Gasteiger partial charge is 0.507 e. The summed E-state index contributed by atoms with van der Waals surface area (Å²) in [5.74, 6) is 0.555. The topological polar surface area (TPSA) is 50.9 Å². The van der Waals surface area contributed by atoms with Gasteiger partial charge in [0.15, 0.2) is 0 Å². The van der Waals surface area contributed by atoms with Gasteiger partial charge in [0.05, 0.1) is 34.8 Å². The summed E-state index contributed by atoms with van der Waals surface area (Å²) in [5, 5.41) is 12.7. The number of hydrogen-bond donors (Lipinski definition) is 1. The second-order valence-electron chi connectivity index (χ2n) is 24.7. The normalized spacial score (nSPS) is 13.7. The molecule has 4 heteroatoms. The number of para-hydroxylation sites is 1. The Morgan fingerprint density at radius 1 is 0.431 bits per heavy atom. The highest BCUT2D eigenvalue weighted by Gasteiger charge is 2.30. The SMILES string of the molecule is [2H]c1c([2H])c([2H])c(-c2cc(C(C)(C)C)ccc2-n2c(-c3cc(C(C)(C)C)cc(C(C)(C)C)c3O)nc3c(-c4cc(-c5cc(-c6ccc(-c7ccccc7C(C)(C)C)cc6)ccn5)cc(C(C)(C)C)c4)cccc32)c([2H])c1[2H]. The van der Waals surface area contributed by atoms with Crippen molar-refractivity contribution in [1.82, 2.24) is 14.5 Å². The maximum absolute atomic E-state index is 12.7. The van der Waals surface area contributed by atoms with Crippen LogP contribution in [0.3, 0.4) is 0 Å². The van der Waals surface area contributed by atoms with Crippen LogP contribution in [0.25, 0.3) is 83.9 Å². The lowest BCUT2D eigenvalue weighted by atomic mass is 9.79. The first-order chi connectivity index (χ1) is 35.8. The van der Waals surface area contributed by atoms with Gasteiger partial charge in [-0.05, 0) is 131 Å². The number of imidazole rings is 1. The first-order valence-corrected chi connectivity index (χ1v) is 25.3. The lowest BCUT2D eigenvalue weighted by molar-refractivity contribution is 0.446. The van der Waals surface area contributed by atoms with Crippen molar-refractivity contribution in [3.63, 3.8) is 0 Å². The summed E-state index contributed by atoms with van der Waals surface area (Å²) >= 11 is 0. The summed E-state index contributed by atoms with van der Waals surface area (Å²) in [6, 6.07) is 42.7. The third kappa shape index (κ3) is 9.81. The summed E-state index contributed by atoms with van der Waals surface area (Å²) in [5.41, 5.74) is 14.9. The van der Waals surface area contributed by atoms with E-state index in [0.717, 1.165) is 55.8 Å². The average molecular weight is 953 g/mol. The second-order valence-corrected chi connectivity index (χ2v) is 24.7. The highest BCUT2D eigenvalue weighted by atomic mass is 16.3. The first kappa shape index (κ1) is 43.7. The fourth-order valence-electron chi connectivity index (χ4n) is 9.71. The monoisotopic (exact) mass is 953 g/mol. The predicted molar refractivity (Wildman–Crippen MR) is 307 cm³/mol. The molecule has 9 aromatic rings. The van der Waals surface area contributed by atoms with Crippen molar-refractivity contribution >= 4 is 11.0 Å². The number of hydrogen-bond acceptors (Lipinski definition) is 3. The number of benzene rings is 7. The summed E-state index contributed by atoms with van der Waals surface area (Å²) in [7, 11) is 0. The Balaban J connectivity index is 1.31. The zero-order valence-electron chi connectivity index (χ0n) is 50.0. The van der Waals surface area contributed by atoms with Gasteiger partial charge in [-0.25, -0.2) is 4.98 Å². The Labute approximate surface area is 436 Å². The van der Waals surface area contributed by atoms with E-state index in [1.54, 1.807) is 0 Å². The molecule has 72 heavy (non-hydrogen) atoms. The molecular formula is C68H73N3O. The van der Waals surface area contributed by atoms with Crippen LogP contribution in [0.4, 0.5) is 0 Å². The molecule has 0 amide bonds. The van der Waals surface area contributed by atoms with Crippen LogP contribution in [-0.2, 0) is 27.1 Å². The van der Waals surface area contributed by atoms with Crippen LogP contribution in [0.15, 0.2) is 164 Å². The molecule has 1 N–H and O–H groups in total. The fourth-order valence-corrected chi connectivity index (χ4v) is 9.71. The zero-order chi connectivity index (χ0) is 56.1. The van der Waals surface area contributed by atoms with E-state index in [1.165, 1.54) is 16.7 Å². The van der Waals surface area contributed by atoms with Crippen molar-refractivity contribution in [2.45, 2.75) is 131 Å². The minimum Gasteiger partial charge on any atom is -0.507 e. The molecule has 2 heterocycles. The third-order valence-electron chi connectivity index (χ3n) is 14.0. The second kappa shape index (κ2) is 18.2. The number of phenolic OH excluding ortho intramolecular Hbond substituents is 1. The molecule has 0 spiro atoms. The molecule has 0 atom stereocenters. The van der Waals surface area contributed by atoms with Gasteiger partial charge < -0.3 is 5.11 Å². The Bertz CT molecular complexity index is 3750. The zero-order valence-corrected chi connectivity index (χ0v) is 45.0. The molecule has 0 aliphatic heterocycles. The average Bonchev–Trinajstić information content (AvgIpc) is 3.83. The Kier molecular flexibility index (Phi) is 11.1. The number of pyridine rings is 1. The van der Waals surface area contributed by atoms with Gasteiger partial charge in [-0.2, -0.15) is 0 Å². The minimum atomic E-state index is -0.458. The maximum Gasteiger partial charge on any atom is 0.149 e. The lowest BCUT2D eigenvalue weighted by Gasteiger charge is -2.28. The van der Waals surface area contributed by atoms with Gasteiger partial charge in [0, 0.05) is 28.5 Å². The Hall–Kier alpha value is -7.04. The molecule has 0 aliphatic rings. The van der Waals surface area contributed by atoms with Gasteiger partial charge in [0.25, 0.3) is 0 Å². The van der Waals surface area contributed by atoms with Gasteiger partial charge >= 0.3 is 0 Å². The van der Waals surface area contributed by atoms with Crippen LogP contribution < -0.4 is 0 Å². The Morgan fingerprint density at radius 2 is 1.03 bits per heavy atom. The summed E-state index contributed by atoms with van der Waals surface area (Å²) < 4.78 is 46.9. The number of phenols is 1. The van der Waals surface area contributed by atoms with Crippen LogP contribution in [0.2, 0.25) is 0 Å². The molecule has 4 nitrogen and oxygen atoms in total. The predicted octanol–water partition coefficient (Wildman–Crippen LogP) is 18.6. The third-order valence-corrected chi connectivity index (χ3v) is 14.0.